The molecule has 0 aromatic heterocycles. The van der Waals surface area contributed by atoms with Crippen molar-refractivity contribution in [2.45, 2.75) is 13.5 Å². The summed E-state index contributed by atoms with van der Waals surface area (Å²) in [6.07, 6.45) is 0. The number of halogens is 2. The Morgan fingerprint density at radius 2 is 2.25 bits per heavy atom. The number of rotatable bonds is 4. The molecule has 0 N–H and O–H groups in total. The fourth-order valence-electron chi connectivity index (χ4n) is 1.53. The summed E-state index contributed by atoms with van der Waals surface area (Å²) in [5.74, 6) is -0.375. The summed E-state index contributed by atoms with van der Waals surface area (Å²) in [4.78, 5) is 1.89. The summed E-state index contributed by atoms with van der Waals surface area (Å²) in [7, 11) is 1.84. The summed E-state index contributed by atoms with van der Waals surface area (Å²) in [5.41, 5.74) is 0.483. The molecule has 0 bridgehead atoms. The molecule has 0 spiro atoms. The minimum absolute atomic E-state index is 0.0736. The minimum Gasteiger partial charge on any atom is -0.301 e. The molecule has 16 heavy (non-hydrogen) atoms. The fourth-order valence-corrected chi connectivity index (χ4v) is 1.75. The average Bonchev–Trinajstić information content (AvgIpc) is 2.23. The van der Waals surface area contributed by atoms with Gasteiger partial charge in [0, 0.05) is 23.7 Å². The van der Waals surface area contributed by atoms with Crippen LogP contribution in [0.3, 0.4) is 0 Å². The fraction of sp³-hybridized carbons (Fsp3) is 0.417. The van der Waals surface area contributed by atoms with Gasteiger partial charge in [-0.25, -0.2) is 4.39 Å². The van der Waals surface area contributed by atoms with Crippen molar-refractivity contribution in [1.82, 2.24) is 4.90 Å². The molecule has 0 aliphatic heterocycles. The smallest absolute Gasteiger partial charge is 0.129 e. The first-order valence-electron chi connectivity index (χ1n) is 5.05. The first-order chi connectivity index (χ1) is 7.54. The third-order valence-corrected chi connectivity index (χ3v) is 2.65. The second kappa shape index (κ2) is 5.83. The van der Waals surface area contributed by atoms with E-state index in [-0.39, 0.29) is 11.7 Å². The predicted molar refractivity (Wildman–Crippen MR) is 62.5 cm³/mol. The zero-order valence-electron chi connectivity index (χ0n) is 9.37. The van der Waals surface area contributed by atoms with E-state index >= 15 is 0 Å². The topological polar surface area (TPSA) is 27.0 Å². The summed E-state index contributed by atoms with van der Waals surface area (Å²) in [5, 5.41) is 9.11. The molecule has 0 saturated heterocycles. The first kappa shape index (κ1) is 13.0. The van der Waals surface area contributed by atoms with Gasteiger partial charge in [-0.2, -0.15) is 5.26 Å². The van der Waals surface area contributed by atoms with Crippen LogP contribution in [0.25, 0.3) is 0 Å². The highest BCUT2D eigenvalue weighted by atomic mass is 35.5. The molecule has 0 radical (unpaired) electrons. The Morgan fingerprint density at radius 1 is 1.56 bits per heavy atom. The molecule has 1 rings (SSSR count). The third-order valence-electron chi connectivity index (χ3n) is 2.30. The standard InChI is InChI=1S/C12H14ClFN2/c1-9(6-15)7-16(2)8-10-11(13)4-3-5-12(10)14/h3-5,9H,7-8H2,1-2H3/t9-/m0/s1. The van der Waals surface area contributed by atoms with Crippen molar-refractivity contribution < 1.29 is 4.39 Å². The van der Waals surface area contributed by atoms with Gasteiger partial charge in [-0.1, -0.05) is 17.7 Å². The average molecular weight is 241 g/mol. The lowest BCUT2D eigenvalue weighted by atomic mass is 10.1. The van der Waals surface area contributed by atoms with Crippen molar-refractivity contribution in [1.29, 1.82) is 5.26 Å². The van der Waals surface area contributed by atoms with Crippen LogP contribution in [0, 0.1) is 23.1 Å². The number of nitrogens with zero attached hydrogens (tertiary/aromatic N) is 2. The highest BCUT2D eigenvalue weighted by Gasteiger charge is 2.11. The van der Waals surface area contributed by atoms with Crippen LogP contribution in [0.5, 0.6) is 0 Å². The summed E-state index contributed by atoms with van der Waals surface area (Å²) in [6.45, 7) is 2.85. The van der Waals surface area contributed by atoms with E-state index < -0.39 is 0 Å². The molecule has 0 amide bonds. The van der Waals surface area contributed by atoms with Crippen LogP contribution in [0.1, 0.15) is 12.5 Å². The van der Waals surface area contributed by atoms with Crippen molar-refractivity contribution in [2.24, 2.45) is 5.92 Å². The number of nitriles is 1. The van der Waals surface area contributed by atoms with Gasteiger partial charge < -0.3 is 4.90 Å². The van der Waals surface area contributed by atoms with Gasteiger partial charge in [0.25, 0.3) is 0 Å². The van der Waals surface area contributed by atoms with Gasteiger partial charge in [0.1, 0.15) is 5.82 Å². The van der Waals surface area contributed by atoms with Crippen LogP contribution in [-0.2, 0) is 6.54 Å². The van der Waals surface area contributed by atoms with Gasteiger partial charge in [-0.3, -0.25) is 0 Å². The lowest BCUT2D eigenvalue weighted by molar-refractivity contribution is 0.298. The van der Waals surface area contributed by atoms with E-state index in [4.69, 9.17) is 16.9 Å². The SMILES string of the molecule is C[C@@H](C#N)CN(C)Cc1c(F)cccc1Cl. The van der Waals surface area contributed by atoms with E-state index in [0.717, 1.165) is 0 Å². The maximum atomic E-state index is 13.5. The van der Waals surface area contributed by atoms with Crippen molar-refractivity contribution >= 4 is 11.6 Å². The molecule has 0 saturated carbocycles. The highest BCUT2D eigenvalue weighted by molar-refractivity contribution is 6.31. The predicted octanol–water partition coefficient (Wildman–Crippen LogP) is 3.07. The second-order valence-corrected chi connectivity index (χ2v) is 4.33. The highest BCUT2D eigenvalue weighted by Crippen LogP contribution is 2.20. The Morgan fingerprint density at radius 3 is 2.81 bits per heavy atom. The van der Waals surface area contributed by atoms with Crippen molar-refractivity contribution in [3.05, 3.63) is 34.6 Å². The van der Waals surface area contributed by atoms with Gasteiger partial charge in [0.05, 0.1) is 12.0 Å². The van der Waals surface area contributed by atoms with E-state index in [1.54, 1.807) is 12.1 Å². The molecule has 0 aliphatic carbocycles. The molecule has 0 aliphatic rings. The van der Waals surface area contributed by atoms with Gasteiger partial charge >= 0.3 is 0 Å². The zero-order chi connectivity index (χ0) is 12.1. The Bertz CT molecular complexity index is 380. The number of hydrogen-bond acceptors (Lipinski definition) is 2. The first-order valence-corrected chi connectivity index (χ1v) is 5.43. The van der Waals surface area contributed by atoms with Crippen molar-refractivity contribution in [2.75, 3.05) is 13.6 Å². The molecule has 0 unspecified atom stereocenters. The molecule has 1 atom stereocenters. The lowest BCUT2D eigenvalue weighted by Gasteiger charge is -2.18. The quantitative estimate of drug-likeness (QED) is 0.809. The molecule has 0 fully saturated rings. The summed E-state index contributed by atoms with van der Waals surface area (Å²) >= 11 is 5.91. The van der Waals surface area contributed by atoms with Crippen molar-refractivity contribution in [3.63, 3.8) is 0 Å². The second-order valence-electron chi connectivity index (χ2n) is 3.93. The van der Waals surface area contributed by atoms with Gasteiger partial charge in [0.15, 0.2) is 0 Å². The molecular weight excluding hydrogens is 227 g/mol. The maximum Gasteiger partial charge on any atom is 0.129 e. The van der Waals surface area contributed by atoms with Gasteiger partial charge in [0.2, 0.25) is 0 Å². The maximum absolute atomic E-state index is 13.5. The van der Waals surface area contributed by atoms with E-state index in [0.29, 0.717) is 23.7 Å². The Kier molecular flexibility index (Phi) is 4.72. The minimum atomic E-state index is -0.302. The van der Waals surface area contributed by atoms with E-state index in [9.17, 15) is 4.39 Å². The van der Waals surface area contributed by atoms with Crippen LogP contribution in [-0.4, -0.2) is 18.5 Å². The largest absolute Gasteiger partial charge is 0.301 e. The molecule has 86 valence electrons. The normalized spacial score (nSPS) is 12.5. The monoisotopic (exact) mass is 240 g/mol. The molecular formula is C12H14ClFN2. The van der Waals surface area contributed by atoms with E-state index in [1.165, 1.54) is 6.07 Å². The van der Waals surface area contributed by atoms with Gasteiger partial charge in [-0.15, -0.1) is 0 Å². The van der Waals surface area contributed by atoms with Gasteiger partial charge in [-0.05, 0) is 26.1 Å². The van der Waals surface area contributed by atoms with Crippen LogP contribution in [0.15, 0.2) is 18.2 Å². The van der Waals surface area contributed by atoms with E-state index in [1.807, 2.05) is 18.9 Å². The summed E-state index contributed by atoms with van der Waals surface area (Å²) in [6, 6.07) is 6.78. The molecule has 1 aromatic carbocycles. The van der Waals surface area contributed by atoms with Crippen LogP contribution >= 0.6 is 11.6 Å². The molecule has 1 aromatic rings. The third kappa shape index (κ3) is 3.48. The molecule has 4 heteroatoms. The molecule has 2 nitrogen and oxygen atoms in total. The Hall–Kier alpha value is -1.11. The van der Waals surface area contributed by atoms with E-state index in [2.05, 4.69) is 6.07 Å². The van der Waals surface area contributed by atoms with Crippen LogP contribution < -0.4 is 0 Å². The lowest BCUT2D eigenvalue weighted by Crippen LogP contribution is -2.24. The van der Waals surface area contributed by atoms with Crippen molar-refractivity contribution in [3.8, 4) is 6.07 Å². The number of hydrogen-bond donors (Lipinski definition) is 0. The number of benzene rings is 1. The van der Waals surface area contributed by atoms with Crippen LogP contribution in [0.4, 0.5) is 4.39 Å². The van der Waals surface area contributed by atoms with Crippen LogP contribution in [0.2, 0.25) is 5.02 Å². The Labute approximate surface area is 100 Å². The molecule has 0 heterocycles. The summed E-state index contributed by atoms with van der Waals surface area (Å²) < 4.78 is 13.5. The Balaban J connectivity index is 2.70. The zero-order valence-corrected chi connectivity index (χ0v) is 10.1.